The standard InChI is InChI=1S/C16H22N2O6/c1-5-10(2)17-16(21)18-14(19)9-24-15(20)11-6-7-12(22-3)13(8-11)23-4/h6-8,10H,5,9H2,1-4H3,(H2,17,18,19,21)/t10-/m0/s1. The number of nitrogens with one attached hydrogen (secondary N) is 2. The minimum Gasteiger partial charge on any atom is -0.493 e. The van der Waals surface area contributed by atoms with Crippen molar-refractivity contribution in [3.63, 3.8) is 0 Å². The van der Waals surface area contributed by atoms with E-state index in [1.54, 1.807) is 13.0 Å². The Morgan fingerprint density at radius 1 is 1.12 bits per heavy atom. The van der Waals surface area contributed by atoms with Crippen molar-refractivity contribution >= 4 is 17.9 Å². The van der Waals surface area contributed by atoms with Crippen molar-refractivity contribution < 1.29 is 28.6 Å². The third-order valence-electron chi connectivity index (χ3n) is 3.20. The van der Waals surface area contributed by atoms with Crippen molar-refractivity contribution in [1.29, 1.82) is 0 Å². The first-order chi connectivity index (χ1) is 11.4. The van der Waals surface area contributed by atoms with Crippen LogP contribution in [0.2, 0.25) is 0 Å². The van der Waals surface area contributed by atoms with Crippen molar-refractivity contribution in [2.45, 2.75) is 26.3 Å². The second-order valence-electron chi connectivity index (χ2n) is 4.98. The number of ether oxygens (including phenoxy) is 3. The Morgan fingerprint density at radius 2 is 1.79 bits per heavy atom. The van der Waals surface area contributed by atoms with Gasteiger partial charge in [0.15, 0.2) is 18.1 Å². The molecule has 24 heavy (non-hydrogen) atoms. The maximum Gasteiger partial charge on any atom is 0.338 e. The molecular formula is C16H22N2O6. The SMILES string of the molecule is CC[C@H](C)NC(=O)NC(=O)COC(=O)c1ccc(OC)c(OC)c1. The van der Waals surface area contributed by atoms with Gasteiger partial charge in [-0.05, 0) is 31.5 Å². The highest BCUT2D eigenvalue weighted by atomic mass is 16.5. The summed E-state index contributed by atoms with van der Waals surface area (Å²) in [6.07, 6.45) is 0.732. The molecule has 0 radical (unpaired) electrons. The van der Waals surface area contributed by atoms with E-state index in [-0.39, 0.29) is 11.6 Å². The fourth-order valence-electron chi connectivity index (χ4n) is 1.70. The minimum absolute atomic E-state index is 0.0629. The van der Waals surface area contributed by atoms with Gasteiger partial charge in [0.2, 0.25) is 0 Å². The predicted octanol–water partition coefficient (Wildman–Crippen LogP) is 1.48. The lowest BCUT2D eigenvalue weighted by Gasteiger charge is -2.12. The number of methoxy groups -OCH3 is 2. The summed E-state index contributed by atoms with van der Waals surface area (Å²) in [5, 5.41) is 4.65. The van der Waals surface area contributed by atoms with Crippen LogP contribution >= 0.6 is 0 Å². The zero-order valence-corrected chi connectivity index (χ0v) is 14.2. The summed E-state index contributed by atoms with van der Waals surface area (Å²) in [4.78, 5) is 35.0. The number of carbonyl (C=O) groups is 3. The molecule has 3 amide bonds. The molecule has 0 fully saturated rings. The maximum absolute atomic E-state index is 11.9. The number of benzene rings is 1. The zero-order valence-electron chi connectivity index (χ0n) is 14.2. The molecule has 0 unspecified atom stereocenters. The van der Waals surface area contributed by atoms with Gasteiger partial charge in [-0.2, -0.15) is 0 Å². The van der Waals surface area contributed by atoms with E-state index in [2.05, 4.69) is 10.6 Å². The van der Waals surface area contributed by atoms with Crippen molar-refractivity contribution in [3.05, 3.63) is 23.8 Å². The second kappa shape index (κ2) is 9.39. The van der Waals surface area contributed by atoms with E-state index in [9.17, 15) is 14.4 Å². The highest BCUT2D eigenvalue weighted by molar-refractivity contribution is 5.97. The van der Waals surface area contributed by atoms with Crippen LogP contribution in [0.3, 0.4) is 0 Å². The van der Waals surface area contributed by atoms with Gasteiger partial charge in [-0.15, -0.1) is 0 Å². The average Bonchev–Trinajstić information content (AvgIpc) is 2.58. The number of hydrogen-bond acceptors (Lipinski definition) is 6. The summed E-state index contributed by atoms with van der Waals surface area (Å²) in [6, 6.07) is 3.78. The summed E-state index contributed by atoms with van der Waals surface area (Å²) >= 11 is 0. The van der Waals surface area contributed by atoms with Crippen molar-refractivity contribution in [3.8, 4) is 11.5 Å². The monoisotopic (exact) mass is 338 g/mol. The van der Waals surface area contributed by atoms with E-state index in [0.29, 0.717) is 11.5 Å². The highest BCUT2D eigenvalue weighted by Crippen LogP contribution is 2.27. The lowest BCUT2D eigenvalue weighted by molar-refractivity contribution is -0.123. The molecule has 0 aromatic heterocycles. The van der Waals surface area contributed by atoms with Crippen LogP contribution in [-0.4, -0.2) is 44.8 Å². The van der Waals surface area contributed by atoms with Crippen LogP contribution in [0.25, 0.3) is 0 Å². The van der Waals surface area contributed by atoms with Crippen LogP contribution < -0.4 is 20.1 Å². The van der Waals surface area contributed by atoms with Gasteiger partial charge < -0.3 is 19.5 Å². The molecule has 0 spiro atoms. The van der Waals surface area contributed by atoms with E-state index in [4.69, 9.17) is 14.2 Å². The van der Waals surface area contributed by atoms with Gasteiger partial charge in [0.05, 0.1) is 19.8 Å². The van der Waals surface area contributed by atoms with Gasteiger partial charge in [0, 0.05) is 6.04 Å². The Balaban J connectivity index is 2.54. The first-order valence-corrected chi connectivity index (χ1v) is 7.40. The molecule has 0 aliphatic rings. The molecule has 0 saturated heterocycles. The fourth-order valence-corrected chi connectivity index (χ4v) is 1.70. The van der Waals surface area contributed by atoms with Gasteiger partial charge in [-0.1, -0.05) is 6.92 Å². The van der Waals surface area contributed by atoms with Crippen LogP contribution in [0.4, 0.5) is 4.79 Å². The van der Waals surface area contributed by atoms with E-state index >= 15 is 0 Å². The molecule has 0 aliphatic carbocycles. The summed E-state index contributed by atoms with van der Waals surface area (Å²) in [5.74, 6) is -0.601. The fraction of sp³-hybridized carbons (Fsp3) is 0.438. The first-order valence-electron chi connectivity index (χ1n) is 7.40. The molecule has 0 aliphatic heterocycles. The topological polar surface area (TPSA) is 103 Å². The Labute approximate surface area is 140 Å². The highest BCUT2D eigenvalue weighted by Gasteiger charge is 2.15. The molecule has 1 atom stereocenters. The van der Waals surface area contributed by atoms with Crippen molar-refractivity contribution in [2.75, 3.05) is 20.8 Å². The molecule has 1 aromatic rings. The normalized spacial score (nSPS) is 11.2. The smallest absolute Gasteiger partial charge is 0.338 e. The summed E-state index contributed by atoms with van der Waals surface area (Å²) in [6.45, 7) is 3.14. The Bertz CT molecular complexity index is 602. The van der Waals surface area contributed by atoms with Crippen LogP contribution in [0.5, 0.6) is 11.5 Å². The summed E-state index contributed by atoms with van der Waals surface area (Å²) in [5.41, 5.74) is 0.199. The molecule has 0 heterocycles. The van der Waals surface area contributed by atoms with Crippen molar-refractivity contribution in [1.82, 2.24) is 10.6 Å². The second-order valence-corrected chi connectivity index (χ2v) is 4.98. The maximum atomic E-state index is 11.9. The van der Waals surface area contributed by atoms with Gasteiger partial charge in [-0.25, -0.2) is 9.59 Å². The van der Waals surface area contributed by atoms with Crippen LogP contribution in [0.1, 0.15) is 30.6 Å². The molecule has 0 saturated carbocycles. The molecule has 2 N–H and O–H groups in total. The average molecular weight is 338 g/mol. The zero-order chi connectivity index (χ0) is 18.1. The van der Waals surface area contributed by atoms with Crippen LogP contribution in [0, 0.1) is 0 Å². The van der Waals surface area contributed by atoms with Crippen LogP contribution in [-0.2, 0) is 9.53 Å². The molecule has 0 bridgehead atoms. The van der Waals surface area contributed by atoms with E-state index < -0.39 is 24.5 Å². The minimum atomic E-state index is -0.718. The molecule has 1 aromatic carbocycles. The number of urea groups is 1. The van der Waals surface area contributed by atoms with Gasteiger partial charge in [0.1, 0.15) is 0 Å². The lowest BCUT2D eigenvalue weighted by Crippen LogP contribution is -2.44. The molecule has 132 valence electrons. The molecule has 1 rings (SSSR count). The number of rotatable bonds is 7. The Kier molecular flexibility index (Phi) is 7.54. The van der Waals surface area contributed by atoms with Gasteiger partial charge >= 0.3 is 12.0 Å². The Morgan fingerprint density at radius 3 is 2.38 bits per heavy atom. The summed E-state index contributed by atoms with van der Waals surface area (Å²) in [7, 11) is 2.92. The van der Waals surface area contributed by atoms with E-state index in [0.717, 1.165) is 6.42 Å². The third-order valence-corrected chi connectivity index (χ3v) is 3.20. The third kappa shape index (κ3) is 5.79. The molecular weight excluding hydrogens is 316 g/mol. The van der Waals surface area contributed by atoms with Gasteiger partial charge in [0.25, 0.3) is 5.91 Å². The lowest BCUT2D eigenvalue weighted by atomic mass is 10.2. The van der Waals surface area contributed by atoms with Gasteiger partial charge in [-0.3, -0.25) is 10.1 Å². The van der Waals surface area contributed by atoms with E-state index in [1.807, 2.05) is 6.92 Å². The predicted molar refractivity (Wildman–Crippen MR) is 86.3 cm³/mol. The number of imide groups is 1. The van der Waals surface area contributed by atoms with Crippen molar-refractivity contribution in [2.24, 2.45) is 0 Å². The number of carbonyl (C=O) groups excluding carboxylic acids is 3. The number of amides is 3. The summed E-state index contributed by atoms with van der Waals surface area (Å²) < 4.78 is 15.0. The Hall–Kier alpha value is -2.77. The number of hydrogen-bond donors (Lipinski definition) is 2. The van der Waals surface area contributed by atoms with E-state index in [1.165, 1.54) is 26.4 Å². The first kappa shape index (κ1) is 19.3. The van der Waals surface area contributed by atoms with Crippen LogP contribution in [0.15, 0.2) is 18.2 Å². The number of esters is 1. The molecule has 8 heteroatoms. The quantitative estimate of drug-likeness (QED) is 0.730. The largest absolute Gasteiger partial charge is 0.493 e. The molecule has 8 nitrogen and oxygen atoms in total.